The molecule has 3 aromatic carbocycles. The summed E-state index contributed by atoms with van der Waals surface area (Å²) in [4.78, 5) is 39.7. The van der Waals surface area contributed by atoms with E-state index in [0.29, 0.717) is 17.8 Å². The Hall–Kier alpha value is -5.57. The Morgan fingerprint density at radius 2 is 1.89 bits per heavy atom. The van der Waals surface area contributed by atoms with Crippen molar-refractivity contribution in [3.05, 3.63) is 114 Å². The number of anilines is 2. The molecule has 10 nitrogen and oxygen atoms in total. The molecule has 1 N–H and O–H groups in total. The van der Waals surface area contributed by atoms with Crippen molar-refractivity contribution in [3.8, 4) is 22.8 Å². The molecule has 0 radical (unpaired) electrons. The van der Waals surface area contributed by atoms with Gasteiger partial charge in [-0.25, -0.2) is 18.9 Å². The van der Waals surface area contributed by atoms with E-state index in [1.54, 1.807) is 12.4 Å². The Labute approximate surface area is 269 Å². The van der Waals surface area contributed by atoms with Gasteiger partial charge in [-0.3, -0.25) is 14.7 Å². The number of alkyl halides is 3. The SMILES string of the molecule is Cc1ccc(Cc2cccnc2)c(N2C(=O)CSC2=NC(=O)Nc2ccc(-c3ncn(-c4ccc(OC(F)(F)F)cc4)n3)cc2F)c1. The minimum absolute atomic E-state index is 0.0839. The number of aryl methyl sites for hydroxylation is 1. The second-order valence-corrected chi connectivity index (χ2v) is 11.2. The van der Waals surface area contributed by atoms with Crippen LogP contribution in [0.3, 0.4) is 0 Å². The van der Waals surface area contributed by atoms with Crippen LogP contribution in [0.5, 0.6) is 5.75 Å². The minimum Gasteiger partial charge on any atom is -0.406 e. The maximum absolute atomic E-state index is 15.1. The smallest absolute Gasteiger partial charge is 0.406 e. The summed E-state index contributed by atoms with van der Waals surface area (Å²) >= 11 is 1.10. The second kappa shape index (κ2) is 13.0. The number of benzene rings is 3. The molecule has 3 heterocycles. The monoisotopic (exact) mass is 661 g/mol. The van der Waals surface area contributed by atoms with Crippen LogP contribution in [0, 0.1) is 12.7 Å². The number of urea groups is 1. The first-order chi connectivity index (χ1) is 22.5. The normalized spacial score (nSPS) is 14.1. The van der Waals surface area contributed by atoms with Gasteiger partial charge in [-0.15, -0.1) is 18.3 Å². The number of amidine groups is 1. The second-order valence-electron chi connectivity index (χ2n) is 10.3. The Morgan fingerprint density at radius 3 is 2.62 bits per heavy atom. The number of nitrogens with one attached hydrogen (secondary N) is 1. The van der Waals surface area contributed by atoms with Gasteiger partial charge in [-0.05, 0) is 78.2 Å². The van der Waals surface area contributed by atoms with Crippen LogP contribution in [0.4, 0.5) is 33.7 Å². The predicted molar refractivity (Wildman–Crippen MR) is 168 cm³/mol. The number of hydrogen-bond acceptors (Lipinski definition) is 7. The topological polar surface area (TPSA) is 115 Å². The van der Waals surface area contributed by atoms with Gasteiger partial charge in [-0.1, -0.05) is 30.0 Å². The van der Waals surface area contributed by atoms with E-state index in [9.17, 15) is 22.8 Å². The van der Waals surface area contributed by atoms with Crippen LogP contribution in [0.2, 0.25) is 0 Å². The summed E-state index contributed by atoms with van der Waals surface area (Å²) < 4.78 is 57.6. The molecule has 1 saturated heterocycles. The van der Waals surface area contributed by atoms with Crippen LogP contribution in [-0.2, 0) is 11.2 Å². The molecular formula is C32H23F4N7O3S. The molecule has 6 rings (SSSR count). The highest BCUT2D eigenvalue weighted by atomic mass is 32.2. The van der Waals surface area contributed by atoms with E-state index >= 15 is 4.39 Å². The molecule has 2 aromatic heterocycles. The molecule has 15 heteroatoms. The van der Waals surface area contributed by atoms with Gasteiger partial charge in [0.2, 0.25) is 5.91 Å². The lowest BCUT2D eigenvalue weighted by molar-refractivity contribution is -0.274. The van der Waals surface area contributed by atoms with E-state index in [2.05, 4.69) is 30.1 Å². The average molecular weight is 662 g/mol. The molecule has 0 saturated carbocycles. The standard InChI is InChI=1S/C32H23F4N7O3S/c1-19-4-5-21(14-20-3-2-12-37-16-20)27(13-19)43-28(44)17-47-31(43)40-30(45)39-26-11-6-22(15-25(26)33)29-38-18-42(41-29)23-7-9-24(10-8-23)46-32(34,35)36/h2-13,15-16,18H,14,17H2,1H3,(H,39,45). The van der Waals surface area contributed by atoms with E-state index < -0.39 is 24.0 Å². The van der Waals surface area contributed by atoms with E-state index in [1.165, 1.54) is 40.2 Å². The number of carbonyl (C=O) groups is 2. The number of carbonyl (C=O) groups excluding carboxylic acids is 2. The fraction of sp³-hybridized carbons (Fsp3) is 0.125. The van der Waals surface area contributed by atoms with Crippen LogP contribution in [0.15, 0.2) is 96.5 Å². The van der Waals surface area contributed by atoms with E-state index in [0.717, 1.165) is 46.7 Å². The minimum atomic E-state index is -4.81. The van der Waals surface area contributed by atoms with Gasteiger partial charge in [0.25, 0.3) is 0 Å². The van der Waals surface area contributed by atoms with E-state index in [4.69, 9.17) is 0 Å². The molecule has 0 atom stereocenters. The van der Waals surface area contributed by atoms with Gasteiger partial charge in [0.1, 0.15) is 17.9 Å². The Morgan fingerprint density at radius 1 is 1.09 bits per heavy atom. The van der Waals surface area contributed by atoms with Crippen molar-refractivity contribution < 1.29 is 31.9 Å². The summed E-state index contributed by atoms with van der Waals surface area (Å²) in [5.41, 5.74) is 3.83. The zero-order valence-corrected chi connectivity index (χ0v) is 25.2. The van der Waals surface area contributed by atoms with Crippen molar-refractivity contribution in [1.29, 1.82) is 0 Å². The number of nitrogens with zero attached hydrogens (tertiary/aromatic N) is 6. The maximum atomic E-state index is 15.1. The van der Waals surface area contributed by atoms with Crippen LogP contribution in [-0.4, -0.2) is 49.0 Å². The number of aliphatic imine (C=N–C) groups is 1. The Bertz CT molecular complexity index is 1980. The summed E-state index contributed by atoms with van der Waals surface area (Å²) in [7, 11) is 0. The van der Waals surface area contributed by atoms with Crippen molar-refractivity contribution in [2.45, 2.75) is 19.7 Å². The first-order valence-corrected chi connectivity index (χ1v) is 14.9. The largest absolute Gasteiger partial charge is 0.573 e. The molecule has 1 fully saturated rings. The zero-order chi connectivity index (χ0) is 33.1. The van der Waals surface area contributed by atoms with E-state index in [-0.39, 0.29) is 33.9 Å². The molecular weight excluding hydrogens is 638 g/mol. The lowest BCUT2D eigenvalue weighted by Gasteiger charge is -2.20. The molecule has 0 spiro atoms. The van der Waals surface area contributed by atoms with Gasteiger partial charge in [-0.2, -0.15) is 4.99 Å². The third-order valence-corrected chi connectivity index (χ3v) is 7.78. The Balaban J connectivity index is 1.17. The third kappa shape index (κ3) is 7.47. The summed E-state index contributed by atoms with van der Waals surface area (Å²) in [6, 6.07) is 17.5. The summed E-state index contributed by atoms with van der Waals surface area (Å²) in [6.07, 6.45) is 0.432. The van der Waals surface area contributed by atoms with Gasteiger partial charge < -0.3 is 10.1 Å². The first-order valence-electron chi connectivity index (χ1n) is 13.9. The first kappa shape index (κ1) is 31.4. The predicted octanol–water partition coefficient (Wildman–Crippen LogP) is 6.93. The lowest BCUT2D eigenvalue weighted by atomic mass is 10.0. The highest BCUT2D eigenvalue weighted by Gasteiger charge is 2.32. The van der Waals surface area contributed by atoms with Gasteiger partial charge in [0.15, 0.2) is 11.0 Å². The summed E-state index contributed by atoms with van der Waals surface area (Å²) in [5.74, 6) is -1.20. The fourth-order valence-corrected chi connectivity index (χ4v) is 5.60. The average Bonchev–Trinajstić information content (AvgIpc) is 3.66. The molecule has 238 valence electrons. The number of pyridine rings is 1. The molecule has 47 heavy (non-hydrogen) atoms. The maximum Gasteiger partial charge on any atom is 0.573 e. The van der Waals surface area contributed by atoms with Crippen molar-refractivity contribution in [2.24, 2.45) is 4.99 Å². The lowest BCUT2D eigenvalue weighted by Crippen LogP contribution is -2.31. The van der Waals surface area contributed by atoms with Crippen LogP contribution in [0.1, 0.15) is 16.7 Å². The molecule has 0 aliphatic carbocycles. The van der Waals surface area contributed by atoms with Crippen molar-refractivity contribution >= 4 is 40.2 Å². The number of ether oxygens (including phenoxy) is 1. The van der Waals surface area contributed by atoms with Gasteiger partial charge >= 0.3 is 12.4 Å². The number of hydrogen-bond donors (Lipinski definition) is 1. The van der Waals surface area contributed by atoms with Crippen molar-refractivity contribution in [3.63, 3.8) is 0 Å². The molecule has 0 unspecified atom stereocenters. The van der Waals surface area contributed by atoms with Crippen molar-refractivity contribution in [2.75, 3.05) is 16.0 Å². The van der Waals surface area contributed by atoms with Crippen LogP contribution < -0.4 is 15.0 Å². The number of aromatic nitrogens is 4. The van der Waals surface area contributed by atoms with Crippen molar-refractivity contribution in [1.82, 2.24) is 19.7 Å². The molecule has 3 amide bonds. The Kier molecular flexibility index (Phi) is 8.72. The quantitative estimate of drug-likeness (QED) is 0.188. The molecule has 0 bridgehead atoms. The number of thioether (sulfide) groups is 1. The molecule has 5 aromatic rings. The van der Waals surface area contributed by atoms with Gasteiger partial charge in [0, 0.05) is 24.4 Å². The van der Waals surface area contributed by atoms with Gasteiger partial charge in [0.05, 0.1) is 22.8 Å². The highest BCUT2D eigenvalue weighted by Crippen LogP contribution is 2.32. The number of rotatable bonds is 7. The third-order valence-electron chi connectivity index (χ3n) is 6.86. The summed E-state index contributed by atoms with van der Waals surface area (Å²) in [6.45, 7) is 1.90. The van der Waals surface area contributed by atoms with E-state index in [1.807, 2.05) is 37.3 Å². The highest BCUT2D eigenvalue weighted by molar-refractivity contribution is 8.15. The zero-order valence-electron chi connectivity index (χ0n) is 24.4. The molecule has 1 aliphatic rings. The molecule has 1 aliphatic heterocycles. The van der Waals surface area contributed by atoms with Crippen LogP contribution in [0.25, 0.3) is 17.1 Å². The van der Waals surface area contributed by atoms with Crippen LogP contribution >= 0.6 is 11.8 Å². The number of halogens is 4. The number of amides is 3. The fourth-order valence-electron chi connectivity index (χ4n) is 4.74. The summed E-state index contributed by atoms with van der Waals surface area (Å²) in [5, 5.41) is 6.85.